The summed E-state index contributed by atoms with van der Waals surface area (Å²) in [6.45, 7) is 4.15. The minimum Gasteiger partial charge on any atom is -0.268 e. The molecule has 0 aliphatic rings. The zero-order valence-corrected chi connectivity index (χ0v) is 12.0. The Labute approximate surface area is 121 Å². The van der Waals surface area contributed by atoms with Crippen molar-refractivity contribution < 1.29 is 0 Å². The Bertz CT molecular complexity index is 768. The third kappa shape index (κ3) is 2.16. The smallest absolute Gasteiger partial charge is 0.200 e. The van der Waals surface area contributed by atoms with Crippen LogP contribution in [0.3, 0.4) is 0 Å². The summed E-state index contributed by atoms with van der Waals surface area (Å²) >= 11 is 5.32. The molecule has 3 aromatic heterocycles. The minimum atomic E-state index is 0.298. The van der Waals surface area contributed by atoms with Crippen LogP contribution in [0.2, 0.25) is 0 Å². The number of H-pyrrole nitrogens is 1. The van der Waals surface area contributed by atoms with Crippen LogP contribution < -0.4 is 0 Å². The maximum Gasteiger partial charge on any atom is 0.200 e. The number of pyridine rings is 1. The molecule has 0 radical (unpaired) electrons. The van der Waals surface area contributed by atoms with E-state index < -0.39 is 0 Å². The summed E-state index contributed by atoms with van der Waals surface area (Å²) in [5.41, 5.74) is 1.79. The highest BCUT2D eigenvalue weighted by atomic mass is 32.1. The summed E-state index contributed by atoms with van der Waals surface area (Å²) in [5.74, 6) is 0.728. The largest absolute Gasteiger partial charge is 0.268 e. The van der Waals surface area contributed by atoms with Gasteiger partial charge >= 0.3 is 0 Å². The molecule has 0 unspecified atom stereocenters. The monoisotopic (exact) mass is 286 g/mol. The molecule has 6 nitrogen and oxygen atoms in total. The Morgan fingerprint density at radius 2 is 2.15 bits per heavy atom. The van der Waals surface area contributed by atoms with Crippen LogP contribution in [-0.4, -0.2) is 29.5 Å². The Kier molecular flexibility index (Phi) is 3.19. The van der Waals surface area contributed by atoms with E-state index in [1.165, 1.54) is 0 Å². The predicted molar refractivity (Wildman–Crippen MR) is 78.1 cm³/mol. The maximum absolute atomic E-state index is 5.32. The van der Waals surface area contributed by atoms with Crippen molar-refractivity contribution >= 4 is 12.2 Å². The fourth-order valence-electron chi connectivity index (χ4n) is 1.95. The molecular weight excluding hydrogens is 272 g/mol. The first kappa shape index (κ1) is 12.7. The average Bonchev–Trinajstić information content (AvgIpc) is 3.06. The van der Waals surface area contributed by atoms with E-state index in [0.717, 1.165) is 17.1 Å². The highest BCUT2D eigenvalue weighted by molar-refractivity contribution is 7.71. The van der Waals surface area contributed by atoms with E-state index >= 15 is 0 Å². The van der Waals surface area contributed by atoms with Crippen LogP contribution in [0.4, 0.5) is 0 Å². The van der Waals surface area contributed by atoms with E-state index in [1.54, 1.807) is 18.6 Å². The second-order valence-corrected chi connectivity index (χ2v) is 5.09. The summed E-state index contributed by atoms with van der Waals surface area (Å²) in [7, 11) is 0. The van der Waals surface area contributed by atoms with Crippen molar-refractivity contribution in [3.05, 3.63) is 41.7 Å². The zero-order chi connectivity index (χ0) is 14.1. The van der Waals surface area contributed by atoms with Crippen LogP contribution in [-0.2, 0) is 0 Å². The van der Waals surface area contributed by atoms with Crippen LogP contribution in [0.1, 0.15) is 19.9 Å². The number of aromatic nitrogens is 6. The molecule has 0 aromatic carbocycles. The Balaban J connectivity index is 2.14. The normalized spacial score (nSPS) is 11.2. The number of nitrogens with one attached hydrogen (secondary N) is 1. The highest BCUT2D eigenvalue weighted by Gasteiger charge is 2.12. The second kappa shape index (κ2) is 5.01. The van der Waals surface area contributed by atoms with Gasteiger partial charge in [0.25, 0.3) is 0 Å². The lowest BCUT2D eigenvalue weighted by atomic mass is 10.2. The van der Waals surface area contributed by atoms with Gasteiger partial charge in [0.1, 0.15) is 0 Å². The molecule has 0 atom stereocenters. The van der Waals surface area contributed by atoms with Crippen molar-refractivity contribution in [1.29, 1.82) is 0 Å². The molecule has 0 aliphatic heterocycles. The Hall–Kier alpha value is -2.28. The molecule has 7 heteroatoms. The summed E-state index contributed by atoms with van der Waals surface area (Å²) in [6, 6.07) is 4.11. The van der Waals surface area contributed by atoms with E-state index in [4.69, 9.17) is 12.2 Å². The van der Waals surface area contributed by atoms with Gasteiger partial charge in [0, 0.05) is 30.2 Å². The number of hydrogen-bond donors (Lipinski definition) is 1. The topological polar surface area (TPSA) is 64.3 Å². The maximum atomic E-state index is 5.32. The van der Waals surface area contributed by atoms with Gasteiger partial charge in [-0.2, -0.15) is 10.2 Å². The van der Waals surface area contributed by atoms with Crippen molar-refractivity contribution in [2.75, 3.05) is 0 Å². The van der Waals surface area contributed by atoms with Crippen LogP contribution in [0.15, 0.2) is 36.9 Å². The Morgan fingerprint density at radius 1 is 1.30 bits per heavy atom. The molecule has 3 heterocycles. The van der Waals surface area contributed by atoms with Gasteiger partial charge in [0.05, 0.1) is 11.9 Å². The fourth-order valence-corrected chi connectivity index (χ4v) is 2.19. The van der Waals surface area contributed by atoms with E-state index in [1.807, 2.05) is 27.6 Å². The molecule has 20 heavy (non-hydrogen) atoms. The van der Waals surface area contributed by atoms with Crippen molar-refractivity contribution in [1.82, 2.24) is 29.5 Å². The lowest BCUT2D eigenvalue weighted by Crippen LogP contribution is -2.01. The first-order valence-corrected chi connectivity index (χ1v) is 6.70. The van der Waals surface area contributed by atoms with Crippen molar-refractivity contribution in [2.45, 2.75) is 19.9 Å². The molecule has 102 valence electrons. The van der Waals surface area contributed by atoms with Gasteiger partial charge in [0.2, 0.25) is 0 Å². The van der Waals surface area contributed by atoms with Gasteiger partial charge in [-0.25, -0.2) is 0 Å². The first-order valence-electron chi connectivity index (χ1n) is 6.29. The summed E-state index contributed by atoms with van der Waals surface area (Å²) in [4.78, 5) is 4.12. The molecule has 0 aliphatic carbocycles. The van der Waals surface area contributed by atoms with Crippen molar-refractivity contribution in [3.8, 4) is 17.1 Å². The molecule has 0 bridgehead atoms. The SMILES string of the molecule is CC(C)n1cc(-n2c(-c3cccnc3)n[nH]c2=S)cn1. The highest BCUT2D eigenvalue weighted by Crippen LogP contribution is 2.20. The molecule has 3 aromatic rings. The molecule has 0 saturated heterocycles. The third-order valence-corrected chi connectivity index (χ3v) is 3.24. The number of nitrogens with zero attached hydrogens (tertiary/aromatic N) is 5. The zero-order valence-electron chi connectivity index (χ0n) is 11.2. The summed E-state index contributed by atoms with van der Waals surface area (Å²) in [5, 5.41) is 11.4. The Morgan fingerprint density at radius 3 is 2.80 bits per heavy atom. The van der Waals surface area contributed by atoms with E-state index in [0.29, 0.717) is 10.8 Å². The third-order valence-electron chi connectivity index (χ3n) is 2.97. The average molecular weight is 286 g/mol. The van der Waals surface area contributed by atoms with Crippen LogP contribution in [0.5, 0.6) is 0 Å². The summed E-state index contributed by atoms with van der Waals surface area (Å²) < 4.78 is 4.28. The van der Waals surface area contributed by atoms with Gasteiger partial charge in [0.15, 0.2) is 10.6 Å². The molecule has 0 fully saturated rings. The van der Waals surface area contributed by atoms with Crippen LogP contribution >= 0.6 is 12.2 Å². The fraction of sp³-hybridized carbons (Fsp3) is 0.231. The standard InChI is InChI=1S/C13H14N6S/c1-9(2)18-8-11(7-15-18)19-12(16-17-13(19)20)10-4-3-5-14-6-10/h3-9H,1-2H3,(H,17,20). The van der Waals surface area contributed by atoms with Gasteiger partial charge < -0.3 is 0 Å². The summed E-state index contributed by atoms with van der Waals surface area (Å²) in [6.07, 6.45) is 7.22. The lowest BCUT2D eigenvalue weighted by Gasteiger charge is -2.05. The van der Waals surface area contributed by atoms with Crippen molar-refractivity contribution in [2.24, 2.45) is 0 Å². The number of hydrogen-bond acceptors (Lipinski definition) is 4. The molecule has 0 spiro atoms. The van der Waals surface area contributed by atoms with Gasteiger partial charge in [-0.3, -0.25) is 19.3 Å². The first-order chi connectivity index (χ1) is 9.66. The van der Waals surface area contributed by atoms with Crippen molar-refractivity contribution in [3.63, 3.8) is 0 Å². The van der Waals surface area contributed by atoms with Gasteiger partial charge in [-0.15, -0.1) is 0 Å². The molecule has 0 amide bonds. The van der Waals surface area contributed by atoms with E-state index in [2.05, 4.69) is 34.1 Å². The lowest BCUT2D eigenvalue weighted by molar-refractivity contribution is 0.532. The number of rotatable bonds is 3. The van der Waals surface area contributed by atoms with Gasteiger partial charge in [-0.1, -0.05) is 0 Å². The molecule has 3 rings (SSSR count). The predicted octanol–water partition coefficient (Wildman–Crippen LogP) is 2.77. The van der Waals surface area contributed by atoms with Crippen LogP contribution in [0.25, 0.3) is 17.1 Å². The second-order valence-electron chi connectivity index (χ2n) is 4.70. The van der Waals surface area contributed by atoms with Crippen LogP contribution in [0, 0.1) is 4.77 Å². The molecular formula is C13H14N6S. The van der Waals surface area contributed by atoms with E-state index in [-0.39, 0.29) is 0 Å². The van der Waals surface area contributed by atoms with Gasteiger partial charge in [-0.05, 0) is 38.2 Å². The molecule has 1 N–H and O–H groups in total. The minimum absolute atomic E-state index is 0.298. The van der Waals surface area contributed by atoms with E-state index in [9.17, 15) is 0 Å². The quantitative estimate of drug-likeness (QED) is 0.752. The molecule has 0 saturated carbocycles. The number of aromatic amines is 1.